The molecule has 0 aliphatic heterocycles. The summed E-state index contributed by atoms with van der Waals surface area (Å²) in [5, 5.41) is 8.79. The summed E-state index contributed by atoms with van der Waals surface area (Å²) in [4.78, 5) is 4.02. The SMILES string of the molecule is Cc1nn(Cc2ccncc2Cl)c(C)c1CCNC(C)C. The van der Waals surface area contributed by atoms with Crippen LogP contribution in [0.1, 0.15) is 36.4 Å². The minimum absolute atomic E-state index is 0.510. The number of halogens is 1. The number of rotatable bonds is 6. The van der Waals surface area contributed by atoms with E-state index in [0.29, 0.717) is 17.6 Å². The first-order valence-corrected chi connectivity index (χ1v) is 7.71. The van der Waals surface area contributed by atoms with Crippen molar-refractivity contribution in [1.29, 1.82) is 0 Å². The number of aromatic nitrogens is 3. The van der Waals surface area contributed by atoms with Crippen molar-refractivity contribution in [1.82, 2.24) is 20.1 Å². The minimum Gasteiger partial charge on any atom is -0.314 e. The first kappa shape index (κ1) is 16.0. The van der Waals surface area contributed by atoms with Crippen LogP contribution in [-0.4, -0.2) is 27.4 Å². The third-order valence-corrected chi connectivity index (χ3v) is 3.98. The molecule has 21 heavy (non-hydrogen) atoms. The maximum Gasteiger partial charge on any atom is 0.0678 e. The topological polar surface area (TPSA) is 42.7 Å². The lowest BCUT2D eigenvalue weighted by molar-refractivity contribution is 0.588. The molecule has 0 saturated carbocycles. The van der Waals surface area contributed by atoms with E-state index in [9.17, 15) is 0 Å². The molecule has 0 aliphatic rings. The summed E-state index contributed by atoms with van der Waals surface area (Å²) in [6.45, 7) is 10.2. The smallest absolute Gasteiger partial charge is 0.0678 e. The Kier molecular flexibility index (Phi) is 5.37. The van der Waals surface area contributed by atoms with Crippen LogP contribution in [0, 0.1) is 13.8 Å². The van der Waals surface area contributed by atoms with Gasteiger partial charge in [0.1, 0.15) is 0 Å². The van der Waals surface area contributed by atoms with Gasteiger partial charge in [-0.3, -0.25) is 9.67 Å². The highest BCUT2D eigenvalue weighted by molar-refractivity contribution is 6.31. The van der Waals surface area contributed by atoms with E-state index in [2.05, 4.69) is 43.1 Å². The van der Waals surface area contributed by atoms with Gasteiger partial charge < -0.3 is 5.32 Å². The molecule has 0 bridgehead atoms. The van der Waals surface area contributed by atoms with Crippen molar-refractivity contribution < 1.29 is 0 Å². The van der Waals surface area contributed by atoms with E-state index in [-0.39, 0.29) is 0 Å². The molecule has 0 radical (unpaired) electrons. The van der Waals surface area contributed by atoms with Crippen LogP contribution in [0.2, 0.25) is 5.02 Å². The normalized spacial score (nSPS) is 11.3. The molecular formula is C16H23ClN4. The van der Waals surface area contributed by atoms with E-state index < -0.39 is 0 Å². The molecule has 5 heteroatoms. The molecule has 0 fully saturated rings. The molecule has 2 rings (SSSR count). The van der Waals surface area contributed by atoms with Crippen LogP contribution < -0.4 is 5.32 Å². The minimum atomic E-state index is 0.510. The Hall–Kier alpha value is -1.39. The predicted molar refractivity (Wildman–Crippen MR) is 86.9 cm³/mol. The largest absolute Gasteiger partial charge is 0.314 e. The number of pyridine rings is 1. The van der Waals surface area contributed by atoms with Gasteiger partial charge in [-0.25, -0.2) is 0 Å². The van der Waals surface area contributed by atoms with Gasteiger partial charge in [0.15, 0.2) is 0 Å². The third-order valence-electron chi connectivity index (χ3n) is 3.64. The van der Waals surface area contributed by atoms with E-state index in [1.165, 1.54) is 11.3 Å². The lowest BCUT2D eigenvalue weighted by Gasteiger charge is -2.09. The third kappa shape index (κ3) is 4.05. The lowest BCUT2D eigenvalue weighted by atomic mass is 10.1. The van der Waals surface area contributed by atoms with Gasteiger partial charge in [-0.1, -0.05) is 25.4 Å². The van der Waals surface area contributed by atoms with Crippen molar-refractivity contribution in [3.63, 3.8) is 0 Å². The molecule has 0 aliphatic carbocycles. The van der Waals surface area contributed by atoms with Gasteiger partial charge in [-0.15, -0.1) is 0 Å². The fourth-order valence-corrected chi connectivity index (χ4v) is 2.61. The van der Waals surface area contributed by atoms with Crippen LogP contribution >= 0.6 is 11.6 Å². The summed E-state index contributed by atoms with van der Waals surface area (Å²) in [6, 6.07) is 2.45. The van der Waals surface area contributed by atoms with Crippen LogP contribution in [0.3, 0.4) is 0 Å². The molecule has 114 valence electrons. The van der Waals surface area contributed by atoms with Gasteiger partial charge in [0.25, 0.3) is 0 Å². The number of hydrogen-bond donors (Lipinski definition) is 1. The average Bonchev–Trinajstić information content (AvgIpc) is 2.68. The number of nitrogens with one attached hydrogen (secondary N) is 1. The lowest BCUT2D eigenvalue weighted by Crippen LogP contribution is -2.25. The van der Waals surface area contributed by atoms with Gasteiger partial charge in [0.05, 0.1) is 17.3 Å². The second-order valence-corrected chi connectivity index (χ2v) is 6.04. The Balaban J connectivity index is 2.13. The highest BCUT2D eigenvalue weighted by Crippen LogP contribution is 2.18. The van der Waals surface area contributed by atoms with Crippen molar-refractivity contribution in [3.8, 4) is 0 Å². The summed E-state index contributed by atoms with van der Waals surface area (Å²) in [7, 11) is 0. The number of aryl methyl sites for hydroxylation is 1. The maximum absolute atomic E-state index is 6.18. The van der Waals surface area contributed by atoms with Crippen LogP contribution in [0.4, 0.5) is 0 Å². The van der Waals surface area contributed by atoms with E-state index >= 15 is 0 Å². The first-order valence-electron chi connectivity index (χ1n) is 7.33. The summed E-state index contributed by atoms with van der Waals surface area (Å²) in [5.41, 5.74) is 4.69. The molecule has 4 nitrogen and oxygen atoms in total. The van der Waals surface area contributed by atoms with E-state index in [1.807, 2.05) is 10.7 Å². The van der Waals surface area contributed by atoms with Crippen LogP contribution in [0.5, 0.6) is 0 Å². The van der Waals surface area contributed by atoms with E-state index in [0.717, 1.165) is 24.2 Å². The Morgan fingerprint density at radius 2 is 2.10 bits per heavy atom. The Bertz CT molecular complexity index is 604. The second kappa shape index (κ2) is 7.05. The van der Waals surface area contributed by atoms with Crippen LogP contribution in [0.25, 0.3) is 0 Å². The monoisotopic (exact) mass is 306 g/mol. The van der Waals surface area contributed by atoms with Gasteiger partial charge in [0.2, 0.25) is 0 Å². The molecule has 0 amide bonds. The zero-order chi connectivity index (χ0) is 15.4. The fraction of sp³-hybridized carbons (Fsp3) is 0.500. The maximum atomic E-state index is 6.18. The second-order valence-electron chi connectivity index (χ2n) is 5.63. The fourth-order valence-electron chi connectivity index (χ4n) is 2.43. The highest BCUT2D eigenvalue weighted by atomic mass is 35.5. The molecular weight excluding hydrogens is 284 g/mol. The van der Waals surface area contributed by atoms with Crippen molar-refractivity contribution in [2.75, 3.05) is 6.54 Å². The zero-order valence-corrected chi connectivity index (χ0v) is 13.9. The molecule has 0 spiro atoms. The van der Waals surface area contributed by atoms with E-state index in [1.54, 1.807) is 12.4 Å². The zero-order valence-electron chi connectivity index (χ0n) is 13.2. The van der Waals surface area contributed by atoms with Gasteiger partial charge in [-0.05, 0) is 44.0 Å². The molecule has 0 saturated heterocycles. The average molecular weight is 307 g/mol. The number of hydrogen-bond acceptors (Lipinski definition) is 3. The van der Waals surface area contributed by atoms with Crippen LogP contribution in [0.15, 0.2) is 18.5 Å². The Morgan fingerprint density at radius 3 is 2.76 bits per heavy atom. The first-order chi connectivity index (χ1) is 9.99. The van der Waals surface area contributed by atoms with Crippen LogP contribution in [-0.2, 0) is 13.0 Å². The standard InChI is InChI=1S/C16H23ClN4/c1-11(2)19-8-6-15-12(3)20-21(13(15)4)10-14-5-7-18-9-16(14)17/h5,7,9,11,19H,6,8,10H2,1-4H3. The van der Waals surface area contributed by atoms with Gasteiger partial charge in [-0.2, -0.15) is 5.10 Å². The Morgan fingerprint density at radius 1 is 1.33 bits per heavy atom. The highest BCUT2D eigenvalue weighted by Gasteiger charge is 2.12. The van der Waals surface area contributed by atoms with Crippen molar-refractivity contribution in [3.05, 3.63) is 46.0 Å². The summed E-state index contributed by atoms with van der Waals surface area (Å²) < 4.78 is 2.03. The predicted octanol–water partition coefficient (Wildman–Crippen LogP) is 3.14. The molecule has 0 unspecified atom stereocenters. The molecule has 0 atom stereocenters. The molecule has 2 aromatic heterocycles. The number of nitrogens with zero attached hydrogens (tertiary/aromatic N) is 3. The molecule has 0 aromatic carbocycles. The van der Waals surface area contributed by atoms with Crippen molar-refractivity contribution in [2.45, 2.75) is 46.7 Å². The summed E-state index contributed by atoms with van der Waals surface area (Å²) in [6.07, 6.45) is 4.44. The molecule has 2 aromatic rings. The summed E-state index contributed by atoms with van der Waals surface area (Å²) in [5.74, 6) is 0. The van der Waals surface area contributed by atoms with Crippen molar-refractivity contribution >= 4 is 11.6 Å². The molecule has 1 N–H and O–H groups in total. The van der Waals surface area contributed by atoms with Crippen molar-refractivity contribution in [2.24, 2.45) is 0 Å². The Labute approximate surface area is 131 Å². The molecule has 2 heterocycles. The van der Waals surface area contributed by atoms with E-state index in [4.69, 9.17) is 11.6 Å². The quantitative estimate of drug-likeness (QED) is 0.891. The summed E-state index contributed by atoms with van der Waals surface area (Å²) >= 11 is 6.18. The van der Waals surface area contributed by atoms with Gasteiger partial charge in [0, 0.05) is 24.1 Å². The van der Waals surface area contributed by atoms with Gasteiger partial charge >= 0.3 is 0 Å².